The normalized spacial score (nSPS) is 15.2. The molecule has 0 aromatic rings. The van der Waals surface area contributed by atoms with Crippen LogP contribution in [0.5, 0.6) is 0 Å². The van der Waals surface area contributed by atoms with Crippen LogP contribution in [0.4, 0.5) is 0 Å². The molecule has 0 fully saturated rings. The lowest BCUT2D eigenvalue weighted by molar-refractivity contribution is -0.555. The fraction of sp³-hybridized carbons (Fsp3) is 0.667. The van der Waals surface area contributed by atoms with E-state index in [1.54, 1.807) is 0 Å². The van der Waals surface area contributed by atoms with Gasteiger partial charge in [0.1, 0.15) is 6.42 Å². The number of rotatable bonds is 5. The molecule has 1 radical (unpaired) electrons. The van der Waals surface area contributed by atoms with E-state index in [-0.39, 0.29) is 12.3 Å². The van der Waals surface area contributed by atoms with Crippen LogP contribution in [0.1, 0.15) is 12.8 Å². The van der Waals surface area contributed by atoms with Crippen LogP contribution in [0.2, 0.25) is 0 Å². The molecule has 0 heterocycles. The third-order valence-electron chi connectivity index (χ3n) is 1.43. The minimum absolute atomic E-state index is 0.0256. The molecule has 0 saturated heterocycles. The summed E-state index contributed by atoms with van der Waals surface area (Å²) in [7, 11) is 0. The second-order valence-corrected chi connectivity index (χ2v) is 2.87. The Balaban J connectivity index is 4.38. The van der Waals surface area contributed by atoms with Gasteiger partial charge in [0, 0.05) is 24.1 Å². The largest absolute Gasteiger partial charge is 0.481 e. The Morgan fingerprint density at radius 1 is 1.75 bits per heavy atom. The van der Waals surface area contributed by atoms with E-state index < -0.39 is 22.9 Å². The Bertz CT molecular complexity index is 196. The average Bonchev–Trinajstić information content (AvgIpc) is 1.85. The molecule has 0 aliphatic carbocycles. The topological polar surface area (TPSA) is 80.4 Å². The quantitative estimate of drug-likeness (QED) is 0.401. The van der Waals surface area contributed by atoms with Crippen LogP contribution < -0.4 is 0 Å². The van der Waals surface area contributed by atoms with Gasteiger partial charge in [-0.05, 0) is 0 Å². The fourth-order valence-electron chi connectivity index (χ4n) is 0.702. The maximum absolute atomic E-state index is 10.4. The number of alkyl halides is 1. The predicted molar refractivity (Wildman–Crippen MR) is 42.7 cm³/mol. The lowest BCUT2D eigenvalue weighted by atomic mass is 9.96. The highest BCUT2D eigenvalue weighted by Crippen LogP contribution is 2.19. The monoisotopic (exact) mass is 194 g/mol. The van der Waals surface area contributed by atoms with Gasteiger partial charge < -0.3 is 5.11 Å². The molecule has 1 N–H and O–H groups in total. The van der Waals surface area contributed by atoms with Crippen LogP contribution >= 0.6 is 11.6 Å². The summed E-state index contributed by atoms with van der Waals surface area (Å²) in [5.41, 5.74) is -1.69. The zero-order valence-electron chi connectivity index (χ0n) is 6.33. The van der Waals surface area contributed by atoms with Gasteiger partial charge in [-0.25, -0.2) is 0 Å². The number of nitrogens with zero attached hydrogens (tertiary/aromatic N) is 1. The number of nitro groups is 1. The molecule has 0 bridgehead atoms. The molecule has 5 nitrogen and oxygen atoms in total. The standard InChI is InChI=1S/C6H9ClNO4/c1-6(2-3-7,8(11)12)4-5(9)10/h1-4H2,(H,9,10). The Morgan fingerprint density at radius 3 is 2.50 bits per heavy atom. The molecule has 0 saturated carbocycles. The van der Waals surface area contributed by atoms with Gasteiger partial charge in [-0.3, -0.25) is 14.9 Å². The van der Waals surface area contributed by atoms with Gasteiger partial charge in [-0.15, -0.1) is 11.6 Å². The van der Waals surface area contributed by atoms with Gasteiger partial charge in [0.15, 0.2) is 0 Å². The van der Waals surface area contributed by atoms with E-state index in [4.69, 9.17) is 16.7 Å². The highest BCUT2D eigenvalue weighted by Gasteiger charge is 2.39. The first kappa shape index (κ1) is 11.2. The predicted octanol–water partition coefficient (Wildman–Crippen LogP) is 0.940. The Morgan fingerprint density at radius 2 is 2.25 bits per heavy atom. The molecule has 0 aliphatic rings. The van der Waals surface area contributed by atoms with Crippen LogP contribution in [0.3, 0.4) is 0 Å². The summed E-state index contributed by atoms with van der Waals surface area (Å²) in [6.45, 7) is 3.23. The summed E-state index contributed by atoms with van der Waals surface area (Å²) in [6.07, 6.45) is -0.652. The first-order valence-electron chi connectivity index (χ1n) is 3.20. The molecule has 0 rings (SSSR count). The smallest absolute Gasteiger partial charge is 0.310 e. The van der Waals surface area contributed by atoms with Gasteiger partial charge in [0.05, 0.1) is 0 Å². The van der Waals surface area contributed by atoms with Crippen molar-refractivity contribution in [2.75, 3.05) is 5.88 Å². The summed E-state index contributed by atoms with van der Waals surface area (Å²) in [6, 6.07) is 0. The molecule has 0 aliphatic heterocycles. The number of hydrogen-bond acceptors (Lipinski definition) is 3. The van der Waals surface area contributed by atoms with E-state index in [2.05, 4.69) is 6.92 Å². The Labute approximate surface area is 74.5 Å². The summed E-state index contributed by atoms with van der Waals surface area (Å²) in [4.78, 5) is 19.9. The SMILES string of the molecule is [CH2]C(CCCl)(CC(=O)O)[N+](=O)[O-]. The van der Waals surface area contributed by atoms with Gasteiger partial charge in [-0.2, -0.15) is 0 Å². The van der Waals surface area contributed by atoms with Gasteiger partial charge in [0.2, 0.25) is 5.54 Å². The number of carboxylic acid groups (broad SMARTS) is 1. The molecular weight excluding hydrogens is 186 g/mol. The highest BCUT2D eigenvalue weighted by molar-refractivity contribution is 6.17. The minimum Gasteiger partial charge on any atom is -0.481 e. The van der Waals surface area contributed by atoms with Gasteiger partial charge in [-0.1, -0.05) is 0 Å². The summed E-state index contributed by atoms with van der Waals surface area (Å²) >= 11 is 5.28. The van der Waals surface area contributed by atoms with E-state index in [1.807, 2.05) is 0 Å². The molecule has 12 heavy (non-hydrogen) atoms. The van der Waals surface area contributed by atoms with Crippen molar-refractivity contribution in [3.8, 4) is 0 Å². The minimum atomic E-state index is -1.69. The van der Waals surface area contributed by atoms with E-state index in [1.165, 1.54) is 0 Å². The van der Waals surface area contributed by atoms with E-state index in [0.717, 1.165) is 0 Å². The third kappa shape index (κ3) is 3.04. The molecular formula is C6H9ClNO4. The number of carbonyl (C=O) groups is 1. The third-order valence-corrected chi connectivity index (χ3v) is 1.62. The molecule has 0 aromatic heterocycles. The van der Waals surface area contributed by atoms with E-state index in [0.29, 0.717) is 0 Å². The molecule has 69 valence electrons. The number of halogens is 1. The van der Waals surface area contributed by atoms with Crippen molar-refractivity contribution in [1.29, 1.82) is 0 Å². The second kappa shape index (κ2) is 4.25. The second-order valence-electron chi connectivity index (χ2n) is 2.49. The van der Waals surface area contributed by atoms with Crippen molar-refractivity contribution < 1.29 is 14.8 Å². The van der Waals surface area contributed by atoms with Crippen LogP contribution in [-0.4, -0.2) is 27.4 Å². The number of aliphatic carboxylic acids is 1. The van der Waals surface area contributed by atoms with E-state index >= 15 is 0 Å². The first-order valence-corrected chi connectivity index (χ1v) is 3.73. The zero-order chi connectivity index (χ0) is 9.78. The Kier molecular flexibility index (Phi) is 3.95. The first-order chi connectivity index (χ1) is 5.42. The number of hydrogen-bond donors (Lipinski definition) is 1. The molecule has 1 unspecified atom stereocenters. The summed E-state index contributed by atoms with van der Waals surface area (Å²) in [5.74, 6) is -1.22. The van der Waals surface area contributed by atoms with Crippen molar-refractivity contribution in [3.63, 3.8) is 0 Å². The van der Waals surface area contributed by atoms with Crippen LogP contribution in [0, 0.1) is 17.0 Å². The maximum Gasteiger partial charge on any atom is 0.310 e. The molecule has 6 heteroatoms. The van der Waals surface area contributed by atoms with Crippen molar-refractivity contribution in [3.05, 3.63) is 17.0 Å². The van der Waals surface area contributed by atoms with Crippen molar-refractivity contribution in [1.82, 2.24) is 0 Å². The zero-order valence-corrected chi connectivity index (χ0v) is 7.08. The van der Waals surface area contributed by atoms with Gasteiger partial charge in [0.25, 0.3) is 0 Å². The number of carboxylic acids is 1. The lowest BCUT2D eigenvalue weighted by Gasteiger charge is -2.16. The van der Waals surface area contributed by atoms with Crippen molar-refractivity contribution in [2.24, 2.45) is 0 Å². The Hall–Kier alpha value is -0.840. The fourth-order valence-corrected chi connectivity index (χ4v) is 1.05. The van der Waals surface area contributed by atoms with Crippen molar-refractivity contribution in [2.45, 2.75) is 18.4 Å². The van der Waals surface area contributed by atoms with Crippen molar-refractivity contribution >= 4 is 17.6 Å². The lowest BCUT2D eigenvalue weighted by Crippen LogP contribution is -2.38. The summed E-state index contributed by atoms with van der Waals surface area (Å²) in [5, 5.41) is 18.7. The van der Waals surface area contributed by atoms with Crippen LogP contribution in [0.25, 0.3) is 0 Å². The van der Waals surface area contributed by atoms with Crippen LogP contribution in [0.15, 0.2) is 0 Å². The summed E-state index contributed by atoms with van der Waals surface area (Å²) < 4.78 is 0. The van der Waals surface area contributed by atoms with Crippen LogP contribution in [-0.2, 0) is 4.79 Å². The average molecular weight is 195 g/mol. The molecule has 0 aromatic carbocycles. The molecule has 0 spiro atoms. The maximum atomic E-state index is 10.4. The molecule has 1 atom stereocenters. The highest BCUT2D eigenvalue weighted by atomic mass is 35.5. The van der Waals surface area contributed by atoms with Gasteiger partial charge >= 0.3 is 5.97 Å². The molecule has 0 amide bonds. The van der Waals surface area contributed by atoms with E-state index in [9.17, 15) is 14.9 Å².